The van der Waals surface area contributed by atoms with Gasteiger partial charge in [-0.05, 0) is 12.5 Å². The molecule has 28 heavy (non-hydrogen) atoms. The van der Waals surface area contributed by atoms with Crippen LogP contribution in [0.25, 0.3) is 0 Å². The molecule has 1 aromatic carbocycles. The molecule has 0 radical (unpaired) electrons. The Labute approximate surface area is 164 Å². The molecule has 0 unspecified atom stereocenters. The summed E-state index contributed by atoms with van der Waals surface area (Å²) in [5, 5.41) is 26.5. The molecule has 154 valence electrons. The number of carbonyl (C=O) groups excluding carboxylic acids is 2. The van der Waals surface area contributed by atoms with E-state index in [1.165, 1.54) is 31.7 Å². The molecule has 0 spiro atoms. The molecular weight excluding hydrogens is 364 g/mol. The van der Waals surface area contributed by atoms with Gasteiger partial charge in [0, 0.05) is 24.1 Å². The van der Waals surface area contributed by atoms with Gasteiger partial charge in [-0.3, -0.25) is 19.7 Å². The van der Waals surface area contributed by atoms with E-state index >= 15 is 0 Å². The molecule has 3 N–H and O–H groups in total. The van der Waals surface area contributed by atoms with Crippen LogP contribution in [-0.4, -0.2) is 34.6 Å². The van der Waals surface area contributed by atoms with Crippen molar-refractivity contribution < 1.29 is 19.6 Å². The maximum Gasteiger partial charge on any atom is 0.270 e. The lowest BCUT2D eigenvalue weighted by Crippen LogP contribution is -2.34. The van der Waals surface area contributed by atoms with Crippen LogP contribution < -0.4 is 10.7 Å². The first-order valence-corrected chi connectivity index (χ1v) is 9.50. The minimum atomic E-state index is -0.601. The van der Waals surface area contributed by atoms with E-state index in [0.717, 1.165) is 37.6 Å². The fourth-order valence-electron chi connectivity index (χ4n) is 2.48. The van der Waals surface area contributed by atoms with E-state index in [1.54, 1.807) is 0 Å². The topological polar surface area (TPSA) is 134 Å². The van der Waals surface area contributed by atoms with Crippen LogP contribution in [0.1, 0.15) is 63.9 Å². The summed E-state index contributed by atoms with van der Waals surface area (Å²) >= 11 is 0. The molecule has 1 aromatic rings. The van der Waals surface area contributed by atoms with E-state index in [9.17, 15) is 24.8 Å². The molecule has 2 amide bonds. The van der Waals surface area contributed by atoms with Crippen molar-refractivity contribution in [1.82, 2.24) is 10.7 Å². The number of nitrogens with zero attached hydrogens (tertiary/aromatic N) is 2. The fourth-order valence-corrected chi connectivity index (χ4v) is 2.48. The predicted octanol–water partition coefficient (Wildman–Crippen LogP) is 3.01. The minimum Gasteiger partial charge on any atom is -0.507 e. The van der Waals surface area contributed by atoms with Crippen molar-refractivity contribution in [3.8, 4) is 5.75 Å². The normalized spacial score (nSPS) is 10.8. The highest BCUT2D eigenvalue weighted by atomic mass is 16.6. The van der Waals surface area contributed by atoms with Crippen LogP contribution in [0.4, 0.5) is 5.69 Å². The number of non-ortho nitro benzene ring substituents is 1. The van der Waals surface area contributed by atoms with Gasteiger partial charge in [0.2, 0.25) is 5.91 Å². The summed E-state index contributed by atoms with van der Waals surface area (Å²) in [6, 6.07) is 3.46. The van der Waals surface area contributed by atoms with Gasteiger partial charge in [-0.1, -0.05) is 45.4 Å². The first kappa shape index (κ1) is 23.1. The molecule has 0 bridgehead atoms. The molecule has 0 fully saturated rings. The molecule has 0 aliphatic carbocycles. The Hall–Kier alpha value is -2.97. The summed E-state index contributed by atoms with van der Waals surface area (Å²) in [5.41, 5.74) is 2.08. The van der Waals surface area contributed by atoms with E-state index in [-0.39, 0.29) is 29.5 Å². The first-order chi connectivity index (χ1) is 13.4. The Kier molecular flexibility index (Phi) is 10.9. The zero-order valence-corrected chi connectivity index (χ0v) is 16.1. The Bertz CT molecular complexity index is 691. The Morgan fingerprint density at radius 2 is 1.82 bits per heavy atom. The number of hydrogen-bond donors (Lipinski definition) is 3. The molecule has 1 rings (SSSR count). The van der Waals surface area contributed by atoms with E-state index < -0.39 is 10.8 Å². The summed E-state index contributed by atoms with van der Waals surface area (Å²) in [6.07, 6.45) is 9.27. The van der Waals surface area contributed by atoms with E-state index in [1.807, 2.05) is 0 Å². The van der Waals surface area contributed by atoms with Gasteiger partial charge < -0.3 is 10.4 Å². The van der Waals surface area contributed by atoms with Gasteiger partial charge in [0.1, 0.15) is 5.75 Å². The number of nitro groups is 1. The molecule has 0 heterocycles. The fraction of sp³-hybridized carbons (Fsp3) is 0.526. The molecule has 0 aliphatic heterocycles. The Morgan fingerprint density at radius 3 is 2.50 bits per heavy atom. The highest BCUT2D eigenvalue weighted by Gasteiger charge is 2.09. The lowest BCUT2D eigenvalue weighted by Gasteiger charge is -2.04. The summed E-state index contributed by atoms with van der Waals surface area (Å²) in [5.74, 6) is -0.926. The van der Waals surface area contributed by atoms with Crippen molar-refractivity contribution in [3.05, 3.63) is 33.9 Å². The van der Waals surface area contributed by atoms with Gasteiger partial charge in [-0.15, -0.1) is 0 Å². The molecule has 0 aromatic heterocycles. The number of phenolic OH excluding ortho intramolecular Hbond substituents is 1. The number of rotatable bonds is 13. The maximum absolute atomic E-state index is 11.7. The number of hydrogen-bond acceptors (Lipinski definition) is 6. The molecule has 0 aliphatic rings. The van der Waals surface area contributed by atoms with Crippen LogP contribution in [-0.2, 0) is 9.59 Å². The number of hydrazone groups is 1. The van der Waals surface area contributed by atoms with E-state index in [2.05, 4.69) is 22.8 Å². The van der Waals surface area contributed by atoms with Crippen molar-refractivity contribution >= 4 is 23.7 Å². The van der Waals surface area contributed by atoms with E-state index in [0.29, 0.717) is 6.42 Å². The maximum atomic E-state index is 11.7. The minimum absolute atomic E-state index is 0.0949. The van der Waals surface area contributed by atoms with Gasteiger partial charge >= 0.3 is 0 Å². The summed E-state index contributed by atoms with van der Waals surface area (Å²) in [4.78, 5) is 33.5. The lowest BCUT2D eigenvalue weighted by molar-refractivity contribution is -0.384. The molecule has 9 nitrogen and oxygen atoms in total. The van der Waals surface area contributed by atoms with Gasteiger partial charge in [0.15, 0.2) is 0 Å². The number of phenols is 1. The average Bonchev–Trinajstić information content (AvgIpc) is 2.67. The smallest absolute Gasteiger partial charge is 0.270 e. The van der Waals surface area contributed by atoms with Crippen molar-refractivity contribution in [2.75, 3.05) is 6.54 Å². The van der Waals surface area contributed by atoms with Gasteiger partial charge in [-0.25, -0.2) is 5.43 Å². The van der Waals surface area contributed by atoms with Crippen LogP contribution in [0, 0.1) is 10.1 Å². The third-order valence-electron chi connectivity index (χ3n) is 4.07. The average molecular weight is 392 g/mol. The molecule has 9 heteroatoms. The van der Waals surface area contributed by atoms with Crippen LogP contribution in [0.3, 0.4) is 0 Å². The highest BCUT2D eigenvalue weighted by Crippen LogP contribution is 2.21. The van der Waals surface area contributed by atoms with Crippen molar-refractivity contribution in [3.63, 3.8) is 0 Å². The number of aromatic hydroxyl groups is 1. The standard InChI is InChI=1S/C19H28N4O5/c1-2-3-4-5-6-7-8-9-18(25)20-14-19(26)22-21-13-15-12-16(23(27)28)10-11-17(15)24/h10-13,24H,2-9,14H2,1H3,(H,20,25)(H,22,26)/b21-13+. The molecule has 0 saturated carbocycles. The molecule has 0 saturated heterocycles. The number of nitrogens with one attached hydrogen (secondary N) is 2. The van der Waals surface area contributed by atoms with Crippen molar-refractivity contribution in [2.24, 2.45) is 5.10 Å². The second-order valence-corrected chi connectivity index (χ2v) is 6.44. The third-order valence-corrected chi connectivity index (χ3v) is 4.07. The summed E-state index contributed by atoms with van der Waals surface area (Å²) < 4.78 is 0. The van der Waals surface area contributed by atoms with Gasteiger partial charge in [-0.2, -0.15) is 5.10 Å². The summed E-state index contributed by atoms with van der Waals surface area (Å²) in [7, 11) is 0. The zero-order chi connectivity index (χ0) is 20.8. The number of unbranched alkanes of at least 4 members (excludes halogenated alkanes) is 6. The van der Waals surface area contributed by atoms with Crippen LogP contribution in [0.15, 0.2) is 23.3 Å². The SMILES string of the molecule is CCCCCCCCCC(=O)NCC(=O)N/N=C/c1cc([N+](=O)[O-])ccc1O. The monoisotopic (exact) mass is 392 g/mol. The number of amides is 2. The van der Waals surface area contributed by atoms with Crippen molar-refractivity contribution in [2.45, 2.75) is 58.3 Å². The van der Waals surface area contributed by atoms with Gasteiger partial charge in [0.25, 0.3) is 11.6 Å². The van der Waals surface area contributed by atoms with Gasteiger partial charge in [0.05, 0.1) is 17.7 Å². The zero-order valence-electron chi connectivity index (χ0n) is 16.1. The second-order valence-electron chi connectivity index (χ2n) is 6.44. The van der Waals surface area contributed by atoms with Crippen LogP contribution >= 0.6 is 0 Å². The predicted molar refractivity (Wildman–Crippen MR) is 106 cm³/mol. The molecular formula is C19H28N4O5. The molecule has 0 atom stereocenters. The largest absolute Gasteiger partial charge is 0.507 e. The number of benzene rings is 1. The summed E-state index contributed by atoms with van der Waals surface area (Å²) in [6.45, 7) is 1.96. The second kappa shape index (κ2) is 13.2. The third kappa shape index (κ3) is 9.65. The van der Waals surface area contributed by atoms with Crippen molar-refractivity contribution in [1.29, 1.82) is 0 Å². The Balaban J connectivity index is 2.24. The van der Waals surface area contributed by atoms with E-state index in [4.69, 9.17) is 0 Å². The quantitative estimate of drug-likeness (QED) is 0.205. The lowest BCUT2D eigenvalue weighted by atomic mass is 10.1. The first-order valence-electron chi connectivity index (χ1n) is 9.50. The number of carbonyl (C=O) groups is 2. The highest BCUT2D eigenvalue weighted by molar-refractivity contribution is 5.87. The Morgan fingerprint density at radius 1 is 1.14 bits per heavy atom. The van der Waals surface area contributed by atoms with Crippen LogP contribution in [0.2, 0.25) is 0 Å². The number of nitro benzene ring substituents is 1. The van der Waals surface area contributed by atoms with Crippen LogP contribution in [0.5, 0.6) is 5.75 Å².